The van der Waals surface area contributed by atoms with Crippen LogP contribution in [-0.4, -0.2) is 45.0 Å². The fraction of sp³-hybridized carbons (Fsp3) is 0.250. The maximum atomic E-state index is 13.8. The Balaban J connectivity index is 1.57. The number of fused-ring (bicyclic) bond motifs is 1. The molecule has 3 heterocycles. The standard InChI is InChI=1S/C24H23ClN6O/c1-30-15-21(28-29-30)16-7-9-18(10-8-16)24(32)31(19-5-3-12-26-14-19)23-22-17(11-13-27-23)4-2-6-20(22)25/h2,4,6-11,13,15,19,26H,3,5,12,14H2,1H3. The van der Waals surface area contributed by atoms with E-state index in [9.17, 15) is 4.79 Å². The van der Waals surface area contributed by atoms with Gasteiger partial charge in [-0.1, -0.05) is 41.1 Å². The van der Waals surface area contributed by atoms with Crippen molar-refractivity contribution < 1.29 is 4.79 Å². The van der Waals surface area contributed by atoms with Gasteiger partial charge in [-0.2, -0.15) is 0 Å². The molecule has 2 aromatic heterocycles. The third-order valence-corrected chi connectivity index (χ3v) is 6.15. The summed E-state index contributed by atoms with van der Waals surface area (Å²) in [4.78, 5) is 20.3. The average Bonchev–Trinajstić information content (AvgIpc) is 3.26. The summed E-state index contributed by atoms with van der Waals surface area (Å²) in [6, 6.07) is 15.1. The van der Waals surface area contributed by atoms with E-state index in [1.165, 1.54) is 0 Å². The zero-order valence-electron chi connectivity index (χ0n) is 17.7. The van der Waals surface area contributed by atoms with Gasteiger partial charge in [0.25, 0.3) is 5.91 Å². The second kappa shape index (κ2) is 8.68. The lowest BCUT2D eigenvalue weighted by molar-refractivity contribution is 0.0972. The summed E-state index contributed by atoms with van der Waals surface area (Å²) in [5, 5.41) is 13.9. The van der Waals surface area contributed by atoms with E-state index in [1.54, 1.807) is 10.9 Å². The first kappa shape index (κ1) is 20.6. The lowest BCUT2D eigenvalue weighted by Gasteiger charge is -2.34. The Morgan fingerprint density at radius 1 is 1.19 bits per heavy atom. The molecule has 8 heteroatoms. The van der Waals surface area contributed by atoms with Crippen molar-refractivity contribution in [3.63, 3.8) is 0 Å². The Hall–Kier alpha value is -3.29. The average molecular weight is 447 g/mol. The van der Waals surface area contributed by atoms with Crippen molar-refractivity contribution in [2.24, 2.45) is 7.05 Å². The molecule has 1 N–H and O–H groups in total. The number of nitrogens with zero attached hydrogens (tertiary/aromatic N) is 5. The SMILES string of the molecule is Cn1cc(-c2ccc(C(=O)N(c3nccc4cccc(Cl)c34)C3CCCNC3)cc2)nn1. The highest BCUT2D eigenvalue weighted by molar-refractivity contribution is 6.36. The zero-order chi connectivity index (χ0) is 22.1. The van der Waals surface area contributed by atoms with E-state index in [2.05, 4.69) is 20.6 Å². The lowest BCUT2D eigenvalue weighted by atomic mass is 10.0. The first-order valence-corrected chi connectivity index (χ1v) is 11.0. The molecule has 162 valence electrons. The van der Waals surface area contributed by atoms with Crippen molar-refractivity contribution in [2.75, 3.05) is 18.0 Å². The van der Waals surface area contributed by atoms with Gasteiger partial charge in [-0.05, 0) is 49.0 Å². The Bertz CT molecular complexity index is 1260. The lowest BCUT2D eigenvalue weighted by Crippen LogP contribution is -2.49. The number of pyridine rings is 1. The molecule has 0 saturated carbocycles. The molecule has 0 radical (unpaired) electrons. The van der Waals surface area contributed by atoms with Crippen LogP contribution in [0.4, 0.5) is 5.82 Å². The number of hydrogen-bond donors (Lipinski definition) is 1. The minimum absolute atomic E-state index is 0.00899. The molecule has 1 saturated heterocycles. The summed E-state index contributed by atoms with van der Waals surface area (Å²) in [6.07, 6.45) is 5.48. The molecule has 7 nitrogen and oxygen atoms in total. The number of aromatic nitrogens is 4. The summed E-state index contributed by atoms with van der Waals surface area (Å²) >= 11 is 6.58. The van der Waals surface area contributed by atoms with E-state index in [4.69, 9.17) is 11.6 Å². The molecule has 0 aliphatic carbocycles. The smallest absolute Gasteiger partial charge is 0.259 e. The summed E-state index contributed by atoms with van der Waals surface area (Å²) in [5.74, 6) is 0.508. The second-order valence-electron chi connectivity index (χ2n) is 8.00. The van der Waals surface area contributed by atoms with Crippen LogP contribution in [-0.2, 0) is 7.05 Å². The normalized spacial score (nSPS) is 16.2. The molecule has 4 aromatic rings. The Morgan fingerprint density at radius 2 is 2.03 bits per heavy atom. The molecule has 5 rings (SSSR count). The number of benzene rings is 2. The molecule has 1 fully saturated rings. The quantitative estimate of drug-likeness (QED) is 0.511. The molecule has 1 unspecified atom stereocenters. The van der Waals surface area contributed by atoms with Gasteiger partial charge in [0.1, 0.15) is 11.5 Å². The number of carbonyl (C=O) groups excluding carboxylic acids is 1. The highest BCUT2D eigenvalue weighted by atomic mass is 35.5. The van der Waals surface area contributed by atoms with Crippen LogP contribution < -0.4 is 10.2 Å². The monoisotopic (exact) mass is 446 g/mol. The molecular formula is C24H23ClN6O. The Morgan fingerprint density at radius 3 is 2.75 bits per heavy atom. The van der Waals surface area contributed by atoms with Crippen LogP contribution in [0.1, 0.15) is 23.2 Å². The van der Waals surface area contributed by atoms with Crippen LogP contribution in [0.5, 0.6) is 0 Å². The van der Waals surface area contributed by atoms with E-state index in [1.807, 2.05) is 66.7 Å². The molecule has 2 aromatic carbocycles. The first-order valence-electron chi connectivity index (χ1n) is 10.7. The largest absolute Gasteiger partial charge is 0.315 e. The molecule has 1 aliphatic rings. The molecule has 0 bridgehead atoms. The first-order chi connectivity index (χ1) is 15.6. The van der Waals surface area contributed by atoms with Gasteiger partial charge in [0.2, 0.25) is 0 Å². The predicted molar refractivity (Wildman–Crippen MR) is 126 cm³/mol. The topological polar surface area (TPSA) is 75.9 Å². The zero-order valence-corrected chi connectivity index (χ0v) is 18.5. The van der Waals surface area contributed by atoms with E-state index < -0.39 is 0 Å². The maximum Gasteiger partial charge on any atom is 0.259 e. The van der Waals surface area contributed by atoms with Gasteiger partial charge in [-0.3, -0.25) is 14.4 Å². The van der Waals surface area contributed by atoms with Crippen LogP contribution in [0.3, 0.4) is 0 Å². The highest BCUT2D eigenvalue weighted by Gasteiger charge is 2.30. The summed E-state index contributed by atoms with van der Waals surface area (Å²) in [7, 11) is 1.83. The number of anilines is 1. The number of rotatable bonds is 4. The summed E-state index contributed by atoms with van der Waals surface area (Å²) in [6.45, 7) is 1.67. The number of hydrogen-bond acceptors (Lipinski definition) is 5. The van der Waals surface area contributed by atoms with Crippen molar-refractivity contribution in [3.8, 4) is 11.3 Å². The number of amides is 1. The van der Waals surface area contributed by atoms with Crippen LogP contribution in [0.2, 0.25) is 5.02 Å². The number of nitrogens with one attached hydrogen (secondary N) is 1. The van der Waals surface area contributed by atoms with Crippen LogP contribution in [0.15, 0.2) is 60.9 Å². The van der Waals surface area contributed by atoms with Gasteiger partial charge in [-0.15, -0.1) is 5.10 Å². The fourth-order valence-electron chi connectivity index (χ4n) is 4.24. The van der Waals surface area contributed by atoms with E-state index >= 15 is 0 Å². The minimum atomic E-state index is -0.0932. The number of piperidine rings is 1. The van der Waals surface area contributed by atoms with Gasteiger partial charge >= 0.3 is 0 Å². The molecule has 1 amide bonds. The van der Waals surface area contributed by atoms with Gasteiger partial charge in [-0.25, -0.2) is 4.98 Å². The Labute approximate surface area is 191 Å². The molecule has 1 aliphatic heterocycles. The van der Waals surface area contributed by atoms with E-state index in [-0.39, 0.29) is 11.9 Å². The van der Waals surface area contributed by atoms with Gasteiger partial charge in [0, 0.05) is 36.3 Å². The summed E-state index contributed by atoms with van der Waals surface area (Å²) in [5.41, 5.74) is 2.27. The third-order valence-electron chi connectivity index (χ3n) is 5.83. The number of aryl methyl sites for hydroxylation is 1. The Kier molecular flexibility index (Phi) is 5.59. The molecular weight excluding hydrogens is 424 g/mol. The number of carbonyl (C=O) groups is 1. The summed E-state index contributed by atoms with van der Waals surface area (Å²) < 4.78 is 1.65. The van der Waals surface area contributed by atoms with Crippen LogP contribution in [0.25, 0.3) is 22.0 Å². The van der Waals surface area contributed by atoms with Gasteiger partial charge in [0.05, 0.1) is 17.3 Å². The van der Waals surface area contributed by atoms with Gasteiger partial charge in [0.15, 0.2) is 0 Å². The van der Waals surface area contributed by atoms with Crippen molar-refractivity contribution >= 4 is 34.1 Å². The third kappa shape index (κ3) is 3.85. The van der Waals surface area contributed by atoms with Crippen molar-refractivity contribution in [1.82, 2.24) is 25.3 Å². The predicted octanol–water partition coefficient (Wildman–Crippen LogP) is 4.08. The highest BCUT2D eigenvalue weighted by Crippen LogP contribution is 2.34. The van der Waals surface area contributed by atoms with Crippen molar-refractivity contribution in [2.45, 2.75) is 18.9 Å². The number of halogens is 1. The second-order valence-corrected chi connectivity index (χ2v) is 8.41. The molecule has 32 heavy (non-hydrogen) atoms. The van der Waals surface area contributed by atoms with Crippen LogP contribution >= 0.6 is 11.6 Å². The van der Waals surface area contributed by atoms with Crippen molar-refractivity contribution in [3.05, 3.63) is 71.5 Å². The van der Waals surface area contributed by atoms with E-state index in [0.29, 0.717) is 22.9 Å². The van der Waals surface area contributed by atoms with Crippen LogP contribution in [0, 0.1) is 0 Å². The molecule has 1 atom stereocenters. The fourth-order valence-corrected chi connectivity index (χ4v) is 4.51. The van der Waals surface area contributed by atoms with Gasteiger partial charge < -0.3 is 5.32 Å². The molecule has 0 spiro atoms. The van der Waals surface area contributed by atoms with E-state index in [0.717, 1.165) is 41.4 Å². The maximum absolute atomic E-state index is 13.8. The minimum Gasteiger partial charge on any atom is -0.315 e. The van der Waals surface area contributed by atoms with Crippen molar-refractivity contribution in [1.29, 1.82) is 0 Å².